The van der Waals surface area contributed by atoms with Gasteiger partial charge in [0.25, 0.3) is 5.56 Å². The standard InChI is InChI=1S/C24H23ClN6O3S/c1-34-20-9-5-4-8-19(20)27-23(33)30-12-10-29(11-13-30)15-16-14-21(32)31-24(26-16)35-22(28-31)17-6-2-3-7-18(17)25/h2-9,14H,10-13,15H2,1H3,(H,27,33). The van der Waals surface area contributed by atoms with Crippen molar-refractivity contribution in [2.75, 3.05) is 38.6 Å². The Morgan fingerprint density at radius 2 is 1.86 bits per heavy atom. The number of carbonyl (C=O) groups excluding carboxylic acids is 1. The number of ether oxygens (including phenoxy) is 1. The Kier molecular flexibility index (Phi) is 6.67. The van der Waals surface area contributed by atoms with E-state index in [0.29, 0.717) is 64.8 Å². The summed E-state index contributed by atoms with van der Waals surface area (Å²) in [5.41, 5.74) is 1.86. The molecule has 0 radical (unpaired) electrons. The number of carbonyl (C=O) groups is 1. The molecule has 2 aromatic heterocycles. The van der Waals surface area contributed by atoms with Crippen molar-refractivity contribution in [3.8, 4) is 16.3 Å². The minimum absolute atomic E-state index is 0.163. The maximum Gasteiger partial charge on any atom is 0.322 e. The first kappa shape index (κ1) is 23.3. The third kappa shape index (κ3) is 5.00. The van der Waals surface area contributed by atoms with Crippen LogP contribution in [-0.4, -0.2) is 63.7 Å². The van der Waals surface area contributed by atoms with E-state index in [1.54, 1.807) is 24.1 Å². The number of methoxy groups -OCH3 is 1. The first-order chi connectivity index (χ1) is 17.0. The van der Waals surface area contributed by atoms with E-state index >= 15 is 0 Å². The van der Waals surface area contributed by atoms with Crippen molar-refractivity contribution in [2.45, 2.75) is 6.54 Å². The molecule has 180 valence electrons. The minimum atomic E-state index is -0.227. The van der Waals surface area contributed by atoms with Crippen LogP contribution >= 0.6 is 22.9 Å². The number of anilines is 1. The molecule has 1 aliphatic rings. The largest absolute Gasteiger partial charge is 0.495 e. The number of hydrogen-bond donors (Lipinski definition) is 1. The van der Waals surface area contributed by atoms with Gasteiger partial charge in [-0.15, -0.1) is 0 Å². The van der Waals surface area contributed by atoms with Crippen molar-refractivity contribution >= 4 is 39.6 Å². The highest BCUT2D eigenvalue weighted by atomic mass is 35.5. The van der Waals surface area contributed by atoms with Gasteiger partial charge in [0, 0.05) is 44.4 Å². The number of rotatable bonds is 5. The third-order valence-corrected chi connectivity index (χ3v) is 7.07. The second-order valence-electron chi connectivity index (χ2n) is 8.06. The van der Waals surface area contributed by atoms with E-state index in [0.717, 1.165) is 5.56 Å². The molecule has 2 amide bonds. The Bertz CT molecular complexity index is 1430. The van der Waals surface area contributed by atoms with Crippen LogP contribution in [0.25, 0.3) is 15.5 Å². The number of nitrogens with zero attached hydrogens (tertiary/aromatic N) is 5. The van der Waals surface area contributed by atoms with E-state index in [1.165, 1.54) is 21.9 Å². The molecule has 35 heavy (non-hydrogen) atoms. The van der Waals surface area contributed by atoms with Crippen LogP contribution in [0.3, 0.4) is 0 Å². The fraction of sp³-hybridized carbons (Fsp3) is 0.250. The van der Waals surface area contributed by atoms with Crippen molar-refractivity contribution in [2.24, 2.45) is 0 Å². The third-order valence-electron chi connectivity index (χ3n) is 5.80. The van der Waals surface area contributed by atoms with Gasteiger partial charge < -0.3 is 15.0 Å². The van der Waals surface area contributed by atoms with Crippen molar-refractivity contribution in [1.82, 2.24) is 24.4 Å². The van der Waals surface area contributed by atoms with Crippen LogP contribution in [0.15, 0.2) is 59.4 Å². The van der Waals surface area contributed by atoms with Crippen LogP contribution in [0, 0.1) is 0 Å². The maximum atomic E-state index is 12.7. The molecule has 0 atom stereocenters. The summed E-state index contributed by atoms with van der Waals surface area (Å²) in [6.07, 6.45) is 0. The first-order valence-corrected chi connectivity index (χ1v) is 12.3. The summed E-state index contributed by atoms with van der Waals surface area (Å²) in [7, 11) is 1.57. The van der Waals surface area contributed by atoms with Crippen LogP contribution < -0.4 is 15.6 Å². The quantitative estimate of drug-likeness (QED) is 0.438. The molecular weight excluding hydrogens is 488 g/mol. The second-order valence-corrected chi connectivity index (χ2v) is 9.42. The predicted molar refractivity (Wildman–Crippen MR) is 136 cm³/mol. The van der Waals surface area contributed by atoms with Gasteiger partial charge in [-0.05, 0) is 18.2 Å². The number of benzene rings is 2. The topological polar surface area (TPSA) is 92.1 Å². The highest BCUT2D eigenvalue weighted by Crippen LogP contribution is 2.30. The summed E-state index contributed by atoms with van der Waals surface area (Å²) >= 11 is 7.62. The lowest BCUT2D eigenvalue weighted by molar-refractivity contribution is 0.142. The number of hydrogen-bond acceptors (Lipinski definition) is 7. The molecule has 0 bridgehead atoms. The van der Waals surface area contributed by atoms with E-state index in [-0.39, 0.29) is 11.6 Å². The van der Waals surface area contributed by atoms with Crippen molar-refractivity contribution in [1.29, 1.82) is 0 Å². The molecule has 1 fully saturated rings. The summed E-state index contributed by atoms with van der Waals surface area (Å²) in [6, 6.07) is 16.1. The number of fused-ring (bicyclic) bond motifs is 1. The van der Waals surface area contributed by atoms with Crippen LogP contribution in [0.5, 0.6) is 5.75 Å². The molecule has 1 saturated heterocycles. The van der Waals surface area contributed by atoms with Crippen LogP contribution in [0.1, 0.15) is 5.69 Å². The zero-order chi connectivity index (χ0) is 24.4. The summed E-state index contributed by atoms with van der Waals surface area (Å²) in [6.45, 7) is 3.01. The molecule has 0 saturated carbocycles. The molecule has 9 nitrogen and oxygen atoms in total. The molecule has 5 rings (SSSR count). The average molecular weight is 511 g/mol. The summed E-state index contributed by atoms with van der Waals surface area (Å²) in [5.74, 6) is 0.619. The molecule has 3 heterocycles. The van der Waals surface area contributed by atoms with Gasteiger partial charge in [0.05, 0.1) is 23.5 Å². The second kappa shape index (κ2) is 10.0. The van der Waals surface area contributed by atoms with Crippen LogP contribution in [-0.2, 0) is 6.54 Å². The lowest BCUT2D eigenvalue weighted by atomic mass is 10.2. The van der Waals surface area contributed by atoms with E-state index in [9.17, 15) is 9.59 Å². The van der Waals surface area contributed by atoms with Gasteiger partial charge in [0.15, 0.2) is 0 Å². The highest BCUT2D eigenvalue weighted by Gasteiger charge is 2.23. The van der Waals surface area contributed by atoms with Crippen LogP contribution in [0.4, 0.5) is 10.5 Å². The van der Waals surface area contributed by atoms with Crippen molar-refractivity contribution < 1.29 is 9.53 Å². The van der Waals surface area contributed by atoms with Gasteiger partial charge in [0.2, 0.25) is 4.96 Å². The monoisotopic (exact) mass is 510 g/mol. The number of para-hydroxylation sites is 2. The number of nitrogens with one attached hydrogen (secondary N) is 1. The SMILES string of the molecule is COc1ccccc1NC(=O)N1CCN(Cc2cc(=O)n3nc(-c4ccccc4Cl)sc3n2)CC1. The zero-order valence-electron chi connectivity index (χ0n) is 19.0. The Balaban J connectivity index is 1.24. The van der Waals surface area contributed by atoms with Gasteiger partial charge in [-0.3, -0.25) is 9.69 Å². The Labute approximate surface area is 210 Å². The molecule has 0 aliphatic carbocycles. The molecule has 2 aromatic carbocycles. The normalized spacial score (nSPS) is 14.3. The first-order valence-electron chi connectivity index (χ1n) is 11.1. The molecule has 11 heteroatoms. The smallest absolute Gasteiger partial charge is 0.322 e. The average Bonchev–Trinajstić information content (AvgIpc) is 3.29. The van der Waals surface area contributed by atoms with Gasteiger partial charge in [-0.2, -0.15) is 9.61 Å². The molecule has 0 spiro atoms. The predicted octanol–water partition coefficient (Wildman–Crippen LogP) is 3.83. The van der Waals surface area contributed by atoms with Crippen molar-refractivity contribution in [3.05, 3.63) is 75.7 Å². The molecule has 4 aromatic rings. The Morgan fingerprint density at radius 1 is 1.11 bits per heavy atom. The van der Waals surface area contributed by atoms with Gasteiger partial charge >= 0.3 is 6.03 Å². The fourth-order valence-electron chi connectivity index (χ4n) is 3.96. The van der Waals surface area contributed by atoms with E-state index < -0.39 is 0 Å². The highest BCUT2D eigenvalue weighted by molar-refractivity contribution is 7.19. The number of piperazine rings is 1. The molecule has 1 aliphatic heterocycles. The lowest BCUT2D eigenvalue weighted by Gasteiger charge is -2.34. The molecular formula is C24H23ClN6O3S. The summed E-state index contributed by atoms with van der Waals surface area (Å²) in [4.78, 5) is 34.5. The molecule has 0 unspecified atom stereocenters. The van der Waals surface area contributed by atoms with Crippen molar-refractivity contribution in [3.63, 3.8) is 0 Å². The van der Waals surface area contributed by atoms with Gasteiger partial charge in [-0.25, -0.2) is 9.78 Å². The summed E-state index contributed by atoms with van der Waals surface area (Å²) < 4.78 is 6.62. The number of halogens is 1. The summed E-state index contributed by atoms with van der Waals surface area (Å²) in [5, 5.41) is 8.55. The number of aromatic nitrogens is 3. The number of urea groups is 1. The Hall–Kier alpha value is -3.47. The molecule has 1 N–H and O–H groups in total. The zero-order valence-corrected chi connectivity index (χ0v) is 20.6. The fourth-order valence-corrected chi connectivity index (χ4v) is 5.21. The Morgan fingerprint density at radius 3 is 2.63 bits per heavy atom. The van der Waals surface area contributed by atoms with E-state index in [1.807, 2.05) is 36.4 Å². The van der Waals surface area contributed by atoms with Gasteiger partial charge in [0.1, 0.15) is 10.8 Å². The lowest BCUT2D eigenvalue weighted by Crippen LogP contribution is -2.49. The number of amides is 2. The maximum absolute atomic E-state index is 12.7. The van der Waals surface area contributed by atoms with E-state index in [4.69, 9.17) is 16.3 Å². The van der Waals surface area contributed by atoms with Gasteiger partial charge in [-0.1, -0.05) is 53.3 Å². The van der Waals surface area contributed by atoms with Crippen LogP contribution in [0.2, 0.25) is 5.02 Å². The van der Waals surface area contributed by atoms with E-state index in [2.05, 4.69) is 20.3 Å². The minimum Gasteiger partial charge on any atom is -0.495 e.